The molecule has 0 atom stereocenters. The molecule has 0 saturated heterocycles. The quantitative estimate of drug-likeness (QED) is 0.498. The molecule has 1 heterocycles. The molecule has 4 N–H and O–H groups in total. The van der Waals surface area contributed by atoms with Gasteiger partial charge in [-0.25, -0.2) is 0 Å². The second-order valence-electron chi connectivity index (χ2n) is 1.58. The summed E-state index contributed by atoms with van der Waals surface area (Å²) in [7, 11) is 1.84. The third-order valence-electron chi connectivity index (χ3n) is 0.978. The predicted molar refractivity (Wildman–Crippen MR) is 34.8 cm³/mol. The second kappa shape index (κ2) is 1.78. The van der Waals surface area contributed by atoms with Gasteiger partial charge in [0.05, 0.1) is 0 Å². The van der Waals surface area contributed by atoms with E-state index in [1.807, 2.05) is 19.2 Å². The van der Waals surface area contributed by atoms with Gasteiger partial charge in [0.25, 0.3) is 0 Å². The van der Waals surface area contributed by atoms with Gasteiger partial charge in [-0.1, -0.05) is 0 Å². The maximum absolute atomic E-state index is 5.36. The summed E-state index contributed by atoms with van der Waals surface area (Å²) < 4.78 is 0. The number of hydrogen-bond acceptors (Lipinski definition) is 2. The number of anilines is 2. The highest BCUT2D eigenvalue weighted by molar-refractivity contribution is 5.44. The zero-order valence-corrected chi connectivity index (χ0v) is 4.73. The monoisotopic (exact) mass is 111 g/mol. The lowest BCUT2D eigenvalue weighted by Crippen LogP contribution is -1.88. The third-order valence-corrected chi connectivity index (χ3v) is 0.978. The molecule has 1 rings (SSSR count). The molecule has 0 fully saturated rings. The second-order valence-corrected chi connectivity index (χ2v) is 1.58. The minimum atomic E-state index is 0.689. The number of H-pyrrole nitrogens is 1. The molecule has 0 aliphatic carbocycles. The summed E-state index contributed by atoms with van der Waals surface area (Å²) in [5.74, 6) is 1.64. The minimum Gasteiger partial charge on any atom is -0.385 e. The molecule has 1 aromatic heterocycles. The van der Waals surface area contributed by atoms with E-state index in [1.165, 1.54) is 0 Å². The fourth-order valence-electron chi connectivity index (χ4n) is 0.558. The molecule has 0 spiro atoms. The van der Waals surface area contributed by atoms with E-state index in [-0.39, 0.29) is 0 Å². The minimum absolute atomic E-state index is 0.689. The van der Waals surface area contributed by atoms with Gasteiger partial charge in [0.15, 0.2) is 0 Å². The van der Waals surface area contributed by atoms with Crippen LogP contribution in [-0.4, -0.2) is 12.0 Å². The summed E-state index contributed by atoms with van der Waals surface area (Å²) in [5.41, 5.74) is 5.36. The predicted octanol–water partition coefficient (Wildman–Crippen LogP) is 0.639. The lowest BCUT2D eigenvalue weighted by atomic mass is 10.6. The Morgan fingerprint density at radius 3 is 2.62 bits per heavy atom. The molecule has 0 bridgehead atoms. The van der Waals surface area contributed by atoms with Gasteiger partial charge in [-0.15, -0.1) is 0 Å². The van der Waals surface area contributed by atoms with Crippen LogP contribution in [0.25, 0.3) is 0 Å². The third kappa shape index (κ3) is 0.753. The Balaban J connectivity index is 2.84. The van der Waals surface area contributed by atoms with Crippen molar-refractivity contribution in [1.82, 2.24) is 4.98 Å². The molecule has 0 aromatic carbocycles. The topological polar surface area (TPSA) is 53.8 Å². The number of aromatic amines is 1. The number of hydrogen-bond donors (Lipinski definition) is 3. The fraction of sp³-hybridized carbons (Fsp3) is 0.200. The van der Waals surface area contributed by atoms with E-state index in [4.69, 9.17) is 5.73 Å². The van der Waals surface area contributed by atoms with Gasteiger partial charge in [-0.3, -0.25) is 0 Å². The standard InChI is InChI=1S/C5H9N3/c1-7-5-3-2-4(6)8-5/h2-3,7-8H,6H2,1H3. The highest BCUT2D eigenvalue weighted by Crippen LogP contribution is 2.05. The first-order valence-corrected chi connectivity index (χ1v) is 2.45. The Kier molecular flexibility index (Phi) is 1.12. The van der Waals surface area contributed by atoms with Crippen molar-refractivity contribution in [2.24, 2.45) is 0 Å². The van der Waals surface area contributed by atoms with Crippen LogP contribution in [0.4, 0.5) is 11.6 Å². The van der Waals surface area contributed by atoms with E-state index in [1.54, 1.807) is 0 Å². The van der Waals surface area contributed by atoms with Crippen molar-refractivity contribution in [3.8, 4) is 0 Å². The van der Waals surface area contributed by atoms with Crippen LogP contribution < -0.4 is 11.1 Å². The Morgan fingerprint density at radius 2 is 2.38 bits per heavy atom. The normalized spacial score (nSPS) is 9.12. The van der Waals surface area contributed by atoms with Gasteiger partial charge < -0.3 is 16.0 Å². The van der Waals surface area contributed by atoms with Gasteiger partial charge in [0.2, 0.25) is 0 Å². The first kappa shape index (κ1) is 5.03. The Morgan fingerprint density at radius 1 is 1.62 bits per heavy atom. The molecule has 0 aliphatic rings. The van der Waals surface area contributed by atoms with Crippen molar-refractivity contribution < 1.29 is 0 Å². The van der Waals surface area contributed by atoms with E-state index in [2.05, 4.69) is 10.3 Å². The lowest BCUT2D eigenvalue weighted by Gasteiger charge is -1.89. The number of rotatable bonds is 1. The summed E-state index contributed by atoms with van der Waals surface area (Å²) in [5, 5.41) is 2.91. The summed E-state index contributed by atoms with van der Waals surface area (Å²) in [6, 6.07) is 3.70. The summed E-state index contributed by atoms with van der Waals surface area (Å²) >= 11 is 0. The largest absolute Gasteiger partial charge is 0.385 e. The van der Waals surface area contributed by atoms with Crippen LogP contribution in [0, 0.1) is 0 Å². The van der Waals surface area contributed by atoms with Gasteiger partial charge in [-0.2, -0.15) is 0 Å². The van der Waals surface area contributed by atoms with E-state index >= 15 is 0 Å². The van der Waals surface area contributed by atoms with Crippen LogP contribution in [-0.2, 0) is 0 Å². The summed E-state index contributed by atoms with van der Waals surface area (Å²) in [4.78, 5) is 2.89. The molecule has 0 saturated carbocycles. The molecular weight excluding hydrogens is 102 g/mol. The zero-order valence-electron chi connectivity index (χ0n) is 4.73. The maximum Gasteiger partial charge on any atom is 0.104 e. The first-order valence-electron chi connectivity index (χ1n) is 2.45. The maximum atomic E-state index is 5.36. The van der Waals surface area contributed by atoms with Crippen molar-refractivity contribution in [3.63, 3.8) is 0 Å². The molecule has 8 heavy (non-hydrogen) atoms. The molecule has 0 aliphatic heterocycles. The van der Waals surface area contributed by atoms with E-state index in [0.29, 0.717) is 5.82 Å². The highest BCUT2D eigenvalue weighted by atomic mass is 15.0. The fourth-order valence-corrected chi connectivity index (χ4v) is 0.558. The van der Waals surface area contributed by atoms with Gasteiger partial charge in [0, 0.05) is 7.05 Å². The molecule has 1 aromatic rings. The van der Waals surface area contributed by atoms with Crippen LogP contribution in [0.2, 0.25) is 0 Å². The smallest absolute Gasteiger partial charge is 0.104 e. The van der Waals surface area contributed by atoms with E-state index < -0.39 is 0 Å². The van der Waals surface area contributed by atoms with Crippen LogP contribution in [0.1, 0.15) is 0 Å². The van der Waals surface area contributed by atoms with Crippen LogP contribution >= 0.6 is 0 Å². The number of nitrogens with two attached hydrogens (primary N) is 1. The molecule has 44 valence electrons. The van der Waals surface area contributed by atoms with Crippen molar-refractivity contribution in [3.05, 3.63) is 12.1 Å². The number of nitrogens with one attached hydrogen (secondary N) is 2. The summed E-state index contributed by atoms with van der Waals surface area (Å²) in [6.07, 6.45) is 0. The Labute approximate surface area is 47.9 Å². The average Bonchev–Trinajstić information content (AvgIpc) is 2.14. The Hall–Kier alpha value is -1.12. The van der Waals surface area contributed by atoms with Crippen molar-refractivity contribution in [2.45, 2.75) is 0 Å². The zero-order chi connectivity index (χ0) is 5.98. The first-order chi connectivity index (χ1) is 3.83. The van der Waals surface area contributed by atoms with E-state index in [0.717, 1.165) is 5.82 Å². The Bertz CT molecular complexity index is 168. The number of nitrogen functional groups attached to an aromatic ring is 1. The molecular formula is C5H9N3. The van der Waals surface area contributed by atoms with Gasteiger partial charge >= 0.3 is 0 Å². The summed E-state index contributed by atoms with van der Waals surface area (Å²) in [6.45, 7) is 0. The molecule has 0 unspecified atom stereocenters. The van der Waals surface area contributed by atoms with Gasteiger partial charge in [-0.05, 0) is 12.1 Å². The van der Waals surface area contributed by atoms with Crippen molar-refractivity contribution >= 4 is 11.6 Å². The molecule has 0 amide bonds. The van der Waals surface area contributed by atoms with Crippen LogP contribution in [0.5, 0.6) is 0 Å². The SMILES string of the molecule is CNc1ccc(N)[nH]1. The van der Waals surface area contributed by atoms with Crippen molar-refractivity contribution in [1.29, 1.82) is 0 Å². The van der Waals surface area contributed by atoms with Crippen molar-refractivity contribution in [2.75, 3.05) is 18.1 Å². The molecule has 0 radical (unpaired) electrons. The lowest BCUT2D eigenvalue weighted by molar-refractivity contribution is 1.35. The van der Waals surface area contributed by atoms with E-state index in [9.17, 15) is 0 Å². The van der Waals surface area contributed by atoms with Crippen LogP contribution in [0.15, 0.2) is 12.1 Å². The number of aromatic nitrogens is 1. The molecule has 3 nitrogen and oxygen atoms in total. The highest BCUT2D eigenvalue weighted by Gasteiger charge is 1.87. The van der Waals surface area contributed by atoms with Crippen LogP contribution in [0.3, 0.4) is 0 Å². The van der Waals surface area contributed by atoms with Gasteiger partial charge in [0.1, 0.15) is 11.6 Å². The average molecular weight is 111 g/mol. The molecule has 3 heteroatoms.